The van der Waals surface area contributed by atoms with E-state index in [1.54, 1.807) is 44.3 Å². The van der Waals surface area contributed by atoms with Crippen LogP contribution in [0.4, 0.5) is 4.39 Å². The molecule has 0 unspecified atom stereocenters. The van der Waals surface area contributed by atoms with Crippen LogP contribution in [0, 0.1) is 26.6 Å². The number of aryl methyl sites for hydroxylation is 1. The summed E-state index contributed by atoms with van der Waals surface area (Å²) < 4.78 is 38.2. The maximum absolute atomic E-state index is 15.5. The highest BCUT2D eigenvalue weighted by atomic mass is 19.1. The fraction of sp³-hybridized carbons (Fsp3) is 0.324. The summed E-state index contributed by atoms with van der Waals surface area (Å²) in [7, 11) is 0.558. The van der Waals surface area contributed by atoms with Crippen molar-refractivity contribution in [3.05, 3.63) is 101 Å². The standard InChI is InChI=1S/C34H38BFN2O7/c1-22-18-29(42-17-7-16-38-15-6-10-30(38)39)34(36)24(3)33(22)28-9-5-8-25(23(28)2)21-43-27-13-11-26(12-14-27)35-44-31(40)19-37(4)20-32(41)45-35/h5,8-9,11-14,18-20,40-41H,6-7,10,15-17,21H2,1-4H3/b31-19-,32-20?. The van der Waals surface area contributed by atoms with Crippen LogP contribution < -0.4 is 14.9 Å². The number of amides is 1. The number of hydrogen-bond donors (Lipinski definition) is 2. The Morgan fingerprint density at radius 1 is 0.978 bits per heavy atom. The second-order valence-corrected chi connectivity index (χ2v) is 11.3. The van der Waals surface area contributed by atoms with Gasteiger partial charge in [-0.05, 0) is 85.2 Å². The Bertz CT molecular complexity index is 1590. The zero-order chi connectivity index (χ0) is 32.1. The van der Waals surface area contributed by atoms with E-state index in [0.29, 0.717) is 42.8 Å². The molecule has 45 heavy (non-hydrogen) atoms. The van der Waals surface area contributed by atoms with E-state index in [-0.39, 0.29) is 36.0 Å². The first-order chi connectivity index (χ1) is 21.6. The lowest BCUT2D eigenvalue weighted by molar-refractivity contribution is -0.127. The molecule has 0 spiro atoms. The van der Waals surface area contributed by atoms with Gasteiger partial charge in [0.1, 0.15) is 12.4 Å². The molecule has 0 radical (unpaired) electrons. The molecule has 11 heteroatoms. The van der Waals surface area contributed by atoms with Crippen molar-refractivity contribution < 1.29 is 38.2 Å². The first-order valence-corrected chi connectivity index (χ1v) is 15.0. The van der Waals surface area contributed by atoms with Crippen LogP contribution in [0.1, 0.15) is 41.5 Å². The molecule has 2 aliphatic heterocycles. The number of nitrogens with zero attached hydrogens (tertiary/aromatic N) is 2. The van der Waals surface area contributed by atoms with Gasteiger partial charge < -0.3 is 38.8 Å². The Morgan fingerprint density at radius 2 is 1.69 bits per heavy atom. The lowest BCUT2D eigenvalue weighted by Gasteiger charge is -2.20. The van der Waals surface area contributed by atoms with Crippen molar-refractivity contribution in [3.63, 3.8) is 0 Å². The lowest BCUT2D eigenvalue weighted by Crippen LogP contribution is -2.37. The van der Waals surface area contributed by atoms with Gasteiger partial charge >= 0.3 is 7.12 Å². The minimum Gasteiger partial charge on any atom is -0.494 e. The quantitative estimate of drug-likeness (QED) is 0.219. The van der Waals surface area contributed by atoms with Crippen LogP contribution in [0.3, 0.4) is 0 Å². The molecular formula is C34H38BFN2O7. The number of rotatable bonds is 10. The topological polar surface area (TPSA) is 101 Å². The van der Waals surface area contributed by atoms with Gasteiger partial charge in [0.05, 0.1) is 19.0 Å². The average Bonchev–Trinajstić information content (AvgIpc) is 3.41. The smallest absolute Gasteiger partial charge is 0.494 e. The predicted molar refractivity (Wildman–Crippen MR) is 169 cm³/mol. The summed E-state index contributed by atoms with van der Waals surface area (Å²) in [6.07, 6.45) is 4.77. The molecular weight excluding hydrogens is 578 g/mol. The maximum Gasteiger partial charge on any atom is 0.636 e. The van der Waals surface area contributed by atoms with Crippen molar-refractivity contribution in [2.24, 2.45) is 0 Å². The van der Waals surface area contributed by atoms with Crippen molar-refractivity contribution in [1.29, 1.82) is 0 Å². The van der Waals surface area contributed by atoms with E-state index >= 15 is 4.39 Å². The van der Waals surface area contributed by atoms with Crippen LogP contribution in [0.25, 0.3) is 11.1 Å². The fourth-order valence-electron chi connectivity index (χ4n) is 5.64. The number of aliphatic hydroxyl groups is 2. The molecule has 1 saturated heterocycles. The van der Waals surface area contributed by atoms with Gasteiger partial charge in [-0.3, -0.25) is 4.79 Å². The molecule has 0 atom stereocenters. The monoisotopic (exact) mass is 616 g/mol. The van der Waals surface area contributed by atoms with Crippen molar-refractivity contribution in [2.75, 3.05) is 26.7 Å². The van der Waals surface area contributed by atoms with Crippen LogP contribution in [0.2, 0.25) is 0 Å². The highest BCUT2D eigenvalue weighted by Crippen LogP contribution is 2.36. The van der Waals surface area contributed by atoms with Gasteiger partial charge in [0.15, 0.2) is 11.6 Å². The highest BCUT2D eigenvalue weighted by Gasteiger charge is 2.30. The number of hydrogen-bond acceptors (Lipinski definition) is 8. The number of halogens is 1. The Hall–Kier alpha value is -4.80. The molecule has 0 saturated carbocycles. The van der Waals surface area contributed by atoms with E-state index in [1.807, 2.05) is 36.9 Å². The van der Waals surface area contributed by atoms with Crippen molar-refractivity contribution in [2.45, 2.75) is 46.6 Å². The van der Waals surface area contributed by atoms with Crippen LogP contribution >= 0.6 is 0 Å². The molecule has 5 rings (SSSR count). The molecule has 0 aliphatic carbocycles. The van der Waals surface area contributed by atoms with Gasteiger partial charge in [-0.1, -0.05) is 30.3 Å². The zero-order valence-corrected chi connectivity index (χ0v) is 26.0. The SMILES string of the molecule is Cc1cc(OCCCN2CCCC2=O)c(F)c(C)c1-c1cccc(COc2ccc(B3OC(O)=CN(C)/C=C(/O)O3)cc2)c1C. The zero-order valence-electron chi connectivity index (χ0n) is 26.0. The number of carbonyl (C=O) groups is 1. The minimum atomic E-state index is -1.05. The Kier molecular flexibility index (Phi) is 9.76. The molecule has 9 nitrogen and oxygen atoms in total. The summed E-state index contributed by atoms with van der Waals surface area (Å²) in [6, 6.07) is 14.6. The summed E-state index contributed by atoms with van der Waals surface area (Å²) >= 11 is 0. The number of ether oxygens (including phenoxy) is 2. The summed E-state index contributed by atoms with van der Waals surface area (Å²) in [6.45, 7) is 7.75. The predicted octanol–water partition coefficient (Wildman–Crippen LogP) is 5.78. The Labute approximate surface area is 263 Å². The van der Waals surface area contributed by atoms with Crippen LogP contribution in [-0.2, 0) is 20.7 Å². The molecule has 0 bridgehead atoms. The molecule has 0 aromatic heterocycles. The van der Waals surface area contributed by atoms with Gasteiger partial charge in [0, 0.05) is 32.0 Å². The summed E-state index contributed by atoms with van der Waals surface area (Å²) in [5, 5.41) is 20.0. The third-order valence-electron chi connectivity index (χ3n) is 8.01. The molecule has 3 aromatic rings. The normalized spacial score (nSPS) is 16.3. The number of likely N-dealkylation sites (tertiary alicyclic amines) is 1. The highest BCUT2D eigenvalue weighted by molar-refractivity contribution is 6.61. The second-order valence-electron chi connectivity index (χ2n) is 11.3. The molecule has 1 amide bonds. The number of aliphatic hydroxyl groups excluding tert-OH is 2. The molecule has 236 valence electrons. The molecule has 1 fully saturated rings. The van der Waals surface area contributed by atoms with Crippen molar-refractivity contribution >= 4 is 18.5 Å². The first kappa shape index (κ1) is 31.6. The van der Waals surface area contributed by atoms with E-state index in [9.17, 15) is 15.0 Å². The summed E-state index contributed by atoms with van der Waals surface area (Å²) in [5.74, 6) is -0.102. The van der Waals surface area contributed by atoms with Gasteiger partial charge in [-0.2, -0.15) is 0 Å². The third kappa shape index (κ3) is 7.48. The van der Waals surface area contributed by atoms with Crippen LogP contribution in [-0.4, -0.2) is 59.8 Å². The molecule has 2 aliphatic rings. The van der Waals surface area contributed by atoms with Crippen LogP contribution in [0.5, 0.6) is 11.5 Å². The third-order valence-corrected chi connectivity index (χ3v) is 8.01. The minimum absolute atomic E-state index is 0.177. The summed E-state index contributed by atoms with van der Waals surface area (Å²) in [5.41, 5.74) is 5.66. The first-order valence-electron chi connectivity index (χ1n) is 15.0. The van der Waals surface area contributed by atoms with E-state index in [2.05, 4.69) is 0 Å². The maximum atomic E-state index is 15.5. The number of carbonyl (C=O) groups excluding carboxylic acids is 1. The van der Waals surface area contributed by atoms with Crippen molar-refractivity contribution in [1.82, 2.24) is 9.80 Å². The molecule has 3 aromatic carbocycles. The van der Waals surface area contributed by atoms with E-state index in [1.165, 1.54) is 17.3 Å². The van der Waals surface area contributed by atoms with E-state index in [4.69, 9.17) is 18.8 Å². The van der Waals surface area contributed by atoms with Crippen molar-refractivity contribution in [3.8, 4) is 22.6 Å². The molecule has 2 heterocycles. The van der Waals surface area contributed by atoms with Gasteiger partial charge in [0.2, 0.25) is 5.91 Å². The molecule has 2 N–H and O–H groups in total. The second kappa shape index (κ2) is 13.9. The fourth-order valence-corrected chi connectivity index (χ4v) is 5.64. The number of benzene rings is 3. The average molecular weight is 616 g/mol. The van der Waals surface area contributed by atoms with E-state index in [0.717, 1.165) is 40.8 Å². The van der Waals surface area contributed by atoms with Gasteiger partial charge in [-0.25, -0.2) is 4.39 Å². The Morgan fingerprint density at radius 3 is 2.36 bits per heavy atom. The van der Waals surface area contributed by atoms with Gasteiger partial charge in [0.25, 0.3) is 11.9 Å². The summed E-state index contributed by atoms with van der Waals surface area (Å²) in [4.78, 5) is 15.1. The van der Waals surface area contributed by atoms with Crippen LogP contribution in [0.15, 0.2) is 72.8 Å². The van der Waals surface area contributed by atoms with E-state index < -0.39 is 7.12 Å². The largest absolute Gasteiger partial charge is 0.636 e. The Balaban J connectivity index is 1.24. The van der Waals surface area contributed by atoms with Gasteiger partial charge in [-0.15, -0.1) is 0 Å². The lowest BCUT2D eigenvalue weighted by atomic mass is 9.79.